The van der Waals surface area contributed by atoms with Gasteiger partial charge in [-0.2, -0.15) is 5.10 Å². The van der Waals surface area contributed by atoms with Crippen LogP contribution in [0.5, 0.6) is 0 Å². The maximum atomic E-state index is 6.07. The van der Waals surface area contributed by atoms with Crippen LogP contribution in [-0.2, 0) is 6.54 Å². The first-order valence-electron chi connectivity index (χ1n) is 5.95. The van der Waals surface area contributed by atoms with Crippen LogP contribution in [0.25, 0.3) is 5.69 Å². The Morgan fingerprint density at radius 2 is 2.28 bits per heavy atom. The first-order valence-corrected chi connectivity index (χ1v) is 7.12. The normalized spacial score (nSPS) is 15.0. The van der Waals surface area contributed by atoms with Crippen molar-refractivity contribution in [2.45, 2.75) is 25.4 Å². The van der Waals surface area contributed by atoms with Gasteiger partial charge in [-0.25, -0.2) is 4.68 Å². The maximum Gasteiger partial charge on any atom is 0.0691 e. The molecule has 1 N–H and O–H groups in total. The van der Waals surface area contributed by atoms with Gasteiger partial charge in [0, 0.05) is 23.8 Å². The van der Waals surface area contributed by atoms with Crippen molar-refractivity contribution in [2.75, 3.05) is 0 Å². The fourth-order valence-electron chi connectivity index (χ4n) is 1.89. The van der Waals surface area contributed by atoms with Gasteiger partial charge in [-0.15, -0.1) is 0 Å². The third kappa shape index (κ3) is 2.76. The van der Waals surface area contributed by atoms with Crippen molar-refractivity contribution >= 4 is 27.5 Å². The topological polar surface area (TPSA) is 29.9 Å². The Morgan fingerprint density at radius 1 is 1.44 bits per heavy atom. The number of rotatable bonds is 4. The average molecular weight is 327 g/mol. The van der Waals surface area contributed by atoms with Gasteiger partial charge in [0.25, 0.3) is 0 Å². The van der Waals surface area contributed by atoms with Crippen LogP contribution in [0.2, 0.25) is 5.02 Å². The van der Waals surface area contributed by atoms with E-state index in [0.29, 0.717) is 6.04 Å². The third-order valence-corrected chi connectivity index (χ3v) is 3.64. The second-order valence-corrected chi connectivity index (χ2v) is 5.88. The molecule has 2 aromatic rings. The zero-order valence-electron chi connectivity index (χ0n) is 9.74. The van der Waals surface area contributed by atoms with Crippen LogP contribution < -0.4 is 5.32 Å². The van der Waals surface area contributed by atoms with E-state index in [0.717, 1.165) is 21.7 Å². The van der Waals surface area contributed by atoms with Gasteiger partial charge in [-0.3, -0.25) is 0 Å². The summed E-state index contributed by atoms with van der Waals surface area (Å²) in [6.45, 7) is 0.831. The lowest BCUT2D eigenvalue weighted by Gasteiger charge is -2.11. The fraction of sp³-hybridized carbons (Fsp3) is 0.308. The predicted molar refractivity (Wildman–Crippen MR) is 76.1 cm³/mol. The molecule has 0 spiro atoms. The SMILES string of the molecule is Clc1ccc(-n2cc(Br)cn2)c(CNC2CC2)c1. The van der Waals surface area contributed by atoms with Gasteiger partial charge < -0.3 is 5.32 Å². The molecule has 0 aliphatic heterocycles. The molecule has 1 aliphatic carbocycles. The summed E-state index contributed by atoms with van der Waals surface area (Å²) in [6.07, 6.45) is 6.29. The molecule has 94 valence electrons. The number of hydrogen-bond donors (Lipinski definition) is 1. The first kappa shape index (κ1) is 12.2. The van der Waals surface area contributed by atoms with E-state index in [4.69, 9.17) is 11.6 Å². The van der Waals surface area contributed by atoms with E-state index < -0.39 is 0 Å². The van der Waals surface area contributed by atoms with Crippen LogP contribution in [0, 0.1) is 0 Å². The zero-order chi connectivity index (χ0) is 12.5. The molecule has 0 amide bonds. The van der Waals surface area contributed by atoms with Crippen molar-refractivity contribution in [1.82, 2.24) is 15.1 Å². The van der Waals surface area contributed by atoms with Gasteiger partial charge in [0.2, 0.25) is 0 Å². The molecular formula is C13H13BrClN3. The molecule has 1 aromatic heterocycles. The molecule has 1 saturated carbocycles. The van der Waals surface area contributed by atoms with E-state index in [2.05, 4.69) is 26.3 Å². The standard InChI is InChI=1S/C13H13BrClN3/c14-10-7-17-18(8-10)13-4-1-11(15)5-9(13)6-16-12-2-3-12/h1,4-5,7-8,12,16H,2-3,6H2. The lowest BCUT2D eigenvalue weighted by atomic mass is 10.1. The summed E-state index contributed by atoms with van der Waals surface area (Å²) in [5.41, 5.74) is 2.24. The van der Waals surface area contributed by atoms with E-state index >= 15 is 0 Å². The van der Waals surface area contributed by atoms with E-state index in [9.17, 15) is 0 Å². The molecule has 0 radical (unpaired) electrons. The van der Waals surface area contributed by atoms with Gasteiger partial charge in [0.05, 0.1) is 16.4 Å². The second kappa shape index (κ2) is 5.03. The number of nitrogens with one attached hydrogen (secondary N) is 1. The molecule has 3 nitrogen and oxygen atoms in total. The summed E-state index contributed by atoms with van der Waals surface area (Å²) in [5, 5.41) is 8.59. The fourth-order valence-corrected chi connectivity index (χ4v) is 2.37. The maximum absolute atomic E-state index is 6.07. The summed E-state index contributed by atoms with van der Waals surface area (Å²) in [7, 11) is 0. The average Bonchev–Trinajstić information content (AvgIpc) is 3.08. The van der Waals surface area contributed by atoms with Crippen LogP contribution in [0.4, 0.5) is 0 Å². The largest absolute Gasteiger partial charge is 0.310 e. The molecule has 3 rings (SSSR count). The Labute approximate surface area is 119 Å². The number of halogens is 2. The van der Waals surface area contributed by atoms with Crippen molar-refractivity contribution in [3.63, 3.8) is 0 Å². The quantitative estimate of drug-likeness (QED) is 0.931. The Kier molecular flexibility index (Phi) is 3.41. The molecule has 1 fully saturated rings. The minimum absolute atomic E-state index is 0.682. The van der Waals surface area contributed by atoms with Crippen LogP contribution in [0.3, 0.4) is 0 Å². The minimum Gasteiger partial charge on any atom is -0.310 e. The Morgan fingerprint density at radius 3 is 2.94 bits per heavy atom. The Balaban J connectivity index is 1.91. The molecule has 0 atom stereocenters. The van der Waals surface area contributed by atoms with Gasteiger partial charge in [0.15, 0.2) is 0 Å². The Hall–Kier alpha value is -0.840. The van der Waals surface area contributed by atoms with E-state index in [1.807, 2.05) is 29.1 Å². The highest BCUT2D eigenvalue weighted by Crippen LogP contribution is 2.23. The summed E-state index contributed by atoms with van der Waals surface area (Å²) >= 11 is 9.49. The molecule has 1 heterocycles. The Bertz CT molecular complexity index is 563. The van der Waals surface area contributed by atoms with Gasteiger partial charge in [-0.05, 0) is 52.5 Å². The lowest BCUT2D eigenvalue weighted by Crippen LogP contribution is -2.17. The highest BCUT2D eigenvalue weighted by atomic mass is 79.9. The molecule has 1 aromatic carbocycles. The van der Waals surface area contributed by atoms with E-state index in [1.165, 1.54) is 18.4 Å². The third-order valence-electron chi connectivity index (χ3n) is 3.00. The van der Waals surface area contributed by atoms with Crippen molar-refractivity contribution in [2.24, 2.45) is 0 Å². The summed E-state index contributed by atoms with van der Waals surface area (Å²) < 4.78 is 2.84. The molecule has 5 heteroatoms. The first-order chi connectivity index (χ1) is 8.72. The highest BCUT2D eigenvalue weighted by Gasteiger charge is 2.20. The van der Waals surface area contributed by atoms with E-state index in [-0.39, 0.29) is 0 Å². The molecule has 0 unspecified atom stereocenters. The molecule has 0 bridgehead atoms. The van der Waals surface area contributed by atoms with Crippen molar-refractivity contribution in [3.05, 3.63) is 45.7 Å². The van der Waals surface area contributed by atoms with Gasteiger partial charge in [0.1, 0.15) is 0 Å². The van der Waals surface area contributed by atoms with Crippen molar-refractivity contribution < 1.29 is 0 Å². The van der Waals surface area contributed by atoms with Gasteiger partial charge >= 0.3 is 0 Å². The number of aromatic nitrogens is 2. The van der Waals surface area contributed by atoms with Crippen molar-refractivity contribution in [3.8, 4) is 5.69 Å². The number of nitrogens with zero attached hydrogens (tertiary/aromatic N) is 2. The van der Waals surface area contributed by atoms with Gasteiger partial charge in [-0.1, -0.05) is 11.6 Å². The predicted octanol–water partition coefficient (Wildman–Crippen LogP) is 3.54. The summed E-state index contributed by atoms with van der Waals surface area (Å²) in [4.78, 5) is 0. The van der Waals surface area contributed by atoms with E-state index in [1.54, 1.807) is 6.20 Å². The number of benzene rings is 1. The molecule has 1 aliphatic rings. The molecule has 0 saturated heterocycles. The smallest absolute Gasteiger partial charge is 0.0691 e. The second-order valence-electron chi connectivity index (χ2n) is 4.53. The van der Waals surface area contributed by atoms with Crippen molar-refractivity contribution in [1.29, 1.82) is 0 Å². The minimum atomic E-state index is 0.682. The molecule has 18 heavy (non-hydrogen) atoms. The van der Waals surface area contributed by atoms with Crippen LogP contribution in [-0.4, -0.2) is 15.8 Å². The van der Waals surface area contributed by atoms with Crippen LogP contribution in [0.1, 0.15) is 18.4 Å². The van der Waals surface area contributed by atoms with Crippen LogP contribution in [0.15, 0.2) is 35.1 Å². The lowest BCUT2D eigenvalue weighted by molar-refractivity contribution is 0.681. The summed E-state index contributed by atoms with van der Waals surface area (Å²) in [6, 6.07) is 6.59. The summed E-state index contributed by atoms with van der Waals surface area (Å²) in [5.74, 6) is 0. The van der Waals surface area contributed by atoms with Crippen LogP contribution >= 0.6 is 27.5 Å². The highest BCUT2D eigenvalue weighted by molar-refractivity contribution is 9.10. The zero-order valence-corrected chi connectivity index (χ0v) is 12.1. The molecular weight excluding hydrogens is 314 g/mol. The monoisotopic (exact) mass is 325 g/mol. The number of hydrogen-bond acceptors (Lipinski definition) is 2.